The van der Waals surface area contributed by atoms with Gasteiger partial charge >= 0.3 is 6.18 Å². The first-order valence-electron chi connectivity index (χ1n) is 6.45. The zero-order chi connectivity index (χ0) is 14.8. The number of alkyl halides is 3. The highest BCUT2D eigenvalue weighted by molar-refractivity contribution is 5.92. The van der Waals surface area contributed by atoms with Crippen LogP contribution in [0, 0.1) is 5.92 Å². The molecular weight excluding hydrogens is 307 g/mol. The van der Waals surface area contributed by atoms with Gasteiger partial charge in [-0.2, -0.15) is 13.2 Å². The summed E-state index contributed by atoms with van der Waals surface area (Å²) >= 11 is 0. The van der Waals surface area contributed by atoms with E-state index in [9.17, 15) is 18.0 Å². The molecule has 1 aliphatic carbocycles. The van der Waals surface area contributed by atoms with E-state index in [1.807, 2.05) is 0 Å². The fraction of sp³-hybridized carbons (Fsp3) is 0.538. The summed E-state index contributed by atoms with van der Waals surface area (Å²) < 4.78 is 37.6. The average Bonchev–Trinajstić information content (AvgIpc) is 2.39. The molecule has 21 heavy (non-hydrogen) atoms. The second kappa shape index (κ2) is 6.98. The van der Waals surface area contributed by atoms with E-state index in [-0.39, 0.29) is 42.9 Å². The minimum atomic E-state index is -4.13. The van der Waals surface area contributed by atoms with E-state index in [1.165, 1.54) is 12.3 Å². The lowest BCUT2D eigenvalue weighted by atomic mass is 9.85. The molecule has 0 saturated heterocycles. The Morgan fingerprint density at radius 2 is 1.86 bits per heavy atom. The SMILES string of the molecule is Cl.Nc1ccc(C(=O)NC2CCC(C(F)(F)F)CC2)nc1. The molecule has 1 aliphatic rings. The summed E-state index contributed by atoms with van der Waals surface area (Å²) in [7, 11) is 0. The first-order valence-corrected chi connectivity index (χ1v) is 6.45. The van der Waals surface area contributed by atoms with Gasteiger partial charge in [0.05, 0.1) is 17.8 Å². The predicted octanol–water partition coefficient (Wildman–Crippen LogP) is 2.94. The van der Waals surface area contributed by atoms with Crippen molar-refractivity contribution in [1.29, 1.82) is 0 Å². The van der Waals surface area contributed by atoms with Crippen molar-refractivity contribution in [3.63, 3.8) is 0 Å². The number of carbonyl (C=O) groups excluding carboxylic acids is 1. The summed E-state index contributed by atoms with van der Waals surface area (Å²) in [5, 5.41) is 2.72. The third kappa shape index (κ3) is 4.77. The van der Waals surface area contributed by atoms with Crippen molar-refractivity contribution in [3.8, 4) is 0 Å². The minimum Gasteiger partial charge on any atom is -0.397 e. The van der Waals surface area contributed by atoms with Crippen LogP contribution in [0.1, 0.15) is 36.2 Å². The molecule has 1 saturated carbocycles. The van der Waals surface area contributed by atoms with Crippen LogP contribution in [0.15, 0.2) is 18.3 Å². The van der Waals surface area contributed by atoms with E-state index in [1.54, 1.807) is 6.07 Å². The number of halogens is 4. The molecule has 0 radical (unpaired) electrons. The average molecular weight is 324 g/mol. The van der Waals surface area contributed by atoms with E-state index in [4.69, 9.17) is 5.73 Å². The van der Waals surface area contributed by atoms with Crippen molar-refractivity contribution >= 4 is 24.0 Å². The number of anilines is 1. The van der Waals surface area contributed by atoms with E-state index < -0.39 is 12.1 Å². The Balaban J connectivity index is 0.00000220. The zero-order valence-corrected chi connectivity index (χ0v) is 12.0. The molecule has 0 bridgehead atoms. The Labute approximate surface area is 126 Å². The molecule has 0 unspecified atom stereocenters. The fourth-order valence-electron chi connectivity index (χ4n) is 2.36. The highest BCUT2D eigenvalue weighted by Crippen LogP contribution is 2.37. The van der Waals surface area contributed by atoms with Crippen molar-refractivity contribution in [3.05, 3.63) is 24.0 Å². The van der Waals surface area contributed by atoms with E-state index in [0.717, 1.165) is 0 Å². The molecule has 1 heterocycles. The van der Waals surface area contributed by atoms with Crippen LogP contribution in [0.25, 0.3) is 0 Å². The number of carbonyl (C=O) groups is 1. The first-order chi connectivity index (χ1) is 9.36. The zero-order valence-electron chi connectivity index (χ0n) is 11.2. The molecule has 1 aromatic rings. The molecule has 1 amide bonds. The lowest BCUT2D eigenvalue weighted by Gasteiger charge is -2.30. The number of amides is 1. The summed E-state index contributed by atoms with van der Waals surface area (Å²) in [5.41, 5.74) is 6.14. The summed E-state index contributed by atoms with van der Waals surface area (Å²) in [5.74, 6) is -1.62. The highest BCUT2D eigenvalue weighted by Gasteiger charge is 2.41. The van der Waals surface area contributed by atoms with Gasteiger partial charge in [-0.15, -0.1) is 12.4 Å². The van der Waals surface area contributed by atoms with Gasteiger partial charge in [0, 0.05) is 6.04 Å². The van der Waals surface area contributed by atoms with Gasteiger partial charge in [0.15, 0.2) is 0 Å². The standard InChI is InChI=1S/C13H16F3N3O.ClH/c14-13(15,16)8-1-4-10(5-2-8)19-12(20)11-6-3-9(17)7-18-11;/h3,6-8,10H,1-2,4-5,17H2,(H,19,20);1H. The van der Waals surface area contributed by atoms with Crippen LogP contribution >= 0.6 is 12.4 Å². The van der Waals surface area contributed by atoms with E-state index in [0.29, 0.717) is 18.5 Å². The number of nitrogens with two attached hydrogens (primary N) is 1. The van der Waals surface area contributed by atoms with Gasteiger partial charge in [0.2, 0.25) is 0 Å². The van der Waals surface area contributed by atoms with Crippen LogP contribution < -0.4 is 11.1 Å². The normalized spacial score (nSPS) is 22.2. The van der Waals surface area contributed by atoms with Crippen molar-refractivity contribution < 1.29 is 18.0 Å². The third-order valence-corrected chi connectivity index (χ3v) is 3.54. The number of hydrogen-bond acceptors (Lipinski definition) is 3. The van der Waals surface area contributed by atoms with Gasteiger partial charge in [-0.3, -0.25) is 4.79 Å². The van der Waals surface area contributed by atoms with Crippen molar-refractivity contribution in [2.45, 2.75) is 37.9 Å². The Hall–Kier alpha value is -1.50. The van der Waals surface area contributed by atoms with Crippen LogP contribution in [-0.4, -0.2) is 23.1 Å². The number of nitrogens with zero attached hydrogens (tertiary/aromatic N) is 1. The topological polar surface area (TPSA) is 68.0 Å². The second-order valence-corrected chi connectivity index (χ2v) is 5.04. The Morgan fingerprint density at radius 3 is 2.33 bits per heavy atom. The Kier molecular flexibility index (Phi) is 5.83. The lowest BCUT2D eigenvalue weighted by Crippen LogP contribution is -2.40. The van der Waals surface area contributed by atoms with Gasteiger partial charge in [-0.05, 0) is 37.8 Å². The fourth-order valence-corrected chi connectivity index (χ4v) is 2.36. The summed E-state index contributed by atoms with van der Waals surface area (Å²) in [6, 6.07) is 2.83. The molecule has 118 valence electrons. The summed E-state index contributed by atoms with van der Waals surface area (Å²) in [6.45, 7) is 0. The molecule has 1 fully saturated rings. The largest absolute Gasteiger partial charge is 0.397 e. The number of rotatable bonds is 2. The molecule has 2 rings (SSSR count). The maximum absolute atomic E-state index is 12.5. The smallest absolute Gasteiger partial charge is 0.391 e. The molecule has 4 nitrogen and oxygen atoms in total. The highest BCUT2D eigenvalue weighted by atomic mass is 35.5. The number of hydrogen-bond donors (Lipinski definition) is 2. The number of pyridine rings is 1. The molecule has 0 aromatic carbocycles. The maximum atomic E-state index is 12.5. The summed E-state index contributed by atoms with van der Waals surface area (Å²) in [6.07, 6.45) is -1.97. The van der Waals surface area contributed by atoms with Crippen LogP contribution in [-0.2, 0) is 0 Å². The van der Waals surface area contributed by atoms with Crippen LogP contribution in [0.3, 0.4) is 0 Å². The van der Waals surface area contributed by atoms with Crippen molar-refractivity contribution in [2.24, 2.45) is 5.92 Å². The summed E-state index contributed by atoms with van der Waals surface area (Å²) in [4.78, 5) is 15.7. The Morgan fingerprint density at radius 1 is 1.24 bits per heavy atom. The van der Waals surface area contributed by atoms with Crippen LogP contribution in [0.4, 0.5) is 18.9 Å². The quantitative estimate of drug-likeness (QED) is 0.879. The van der Waals surface area contributed by atoms with Crippen LogP contribution in [0.2, 0.25) is 0 Å². The molecule has 1 aromatic heterocycles. The molecule has 8 heteroatoms. The lowest BCUT2D eigenvalue weighted by molar-refractivity contribution is -0.182. The molecule has 3 N–H and O–H groups in total. The van der Waals surface area contributed by atoms with E-state index in [2.05, 4.69) is 10.3 Å². The predicted molar refractivity (Wildman–Crippen MR) is 75.2 cm³/mol. The van der Waals surface area contributed by atoms with E-state index >= 15 is 0 Å². The molecule has 0 atom stereocenters. The van der Waals surface area contributed by atoms with Gasteiger partial charge in [0.25, 0.3) is 5.91 Å². The van der Waals surface area contributed by atoms with Crippen molar-refractivity contribution in [1.82, 2.24) is 10.3 Å². The third-order valence-electron chi connectivity index (χ3n) is 3.54. The molecule has 0 spiro atoms. The second-order valence-electron chi connectivity index (χ2n) is 5.04. The first kappa shape index (κ1) is 17.6. The molecular formula is C13H17ClF3N3O. The van der Waals surface area contributed by atoms with Crippen LogP contribution in [0.5, 0.6) is 0 Å². The van der Waals surface area contributed by atoms with Gasteiger partial charge < -0.3 is 11.1 Å². The van der Waals surface area contributed by atoms with Gasteiger partial charge in [0.1, 0.15) is 5.69 Å². The monoisotopic (exact) mass is 323 g/mol. The number of nitrogens with one attached hydrogen (secondary N) is 1. The molecule has 0 aliphatic heterocycles. The Bertz CT molecular complexity index is 471. The minimum absolute atomic E-state index is 0. The van der Waals surface area contributed by atoms with Gasteiger partial charge in [-0.1, -0.05) is 0 Å². The number of nitrogen functional groups attached to an aromatic ring is 1. The number of aromatic nitrogens is 1. The van der Waals surface area contributed by atoms with Crippen molar-refractivity contribution in [2.75, 3.05) is 5.73 Å². The van der Waals surface area contributed by atoms with Gasteiger partial charge in [-0.25, -0.2) is 4.98 Å². The maximum Gasteiger partial charge on any atom is 0.391 e.